The Balaban J connectivity index is 0.000000178. The van der Waals surface area contributed by atoms with Gasteiger partial charge in [0.1, 0.15) is 17.7 Å². The van der Waals surface area contributed by atoms with Crippen LogP contribution in [-0.2, 0) is 61.7 Å². The largest absolute Gasteiger partial charge is 0.465 e. The van der Waals surface area contributed by atoms with Gasteiger partial charge in [-0.2, -0.15) is 4.98 Å². The minimum Gasteiger partial charge on any atom is -0.465 e. The number of hydrogen-bond acceptors (Lipinski definition) is 16. The lowest BCUT2D eigenvalue weighted by atomic mass is 9.89. The number of carbonyl (C=O) groups excluding carboxylic acids is 6. The van der Waals surface area contributed by atoms with Gasteiger partial charge in [0.2, 0.25) is 43.7 Å². The normalized spacial score (nSPS) is 29.1. The number of allylic oxidation sites excluding steroid dienone is 4. The topological polar surface area (TPSA) is 259 Å². The summed E-state index contributed by atoms with van der Waals surface area (Å²) in [4.78, 5) is 98.2. The lowest BCUT2D eigenvalue weighted by Gasteiger charge is -2.29. The summed E-state index contributed by atoms with van der Waals surface area (Å²) in [5, 5.41) is 0.497. The van der Waals surface area contributed by atoms with Crippen molar-refractivity contribution in [3.63, 3.8) is 0 Å². The van der Waals surface area contributed by atoms with Gasteiger partial charge in [-0.05, 0) is 177 Å². The summed E-state index contributed by atoms with van der Waals surface area (Å²) < 4.78 is 74.7. The highest BCUT2D eigenvalue weighted by atomic mass is 32.2. The molecule has 4 aliphatic carbocycles. The van der Waals surface area contributed by atoms with Crippen molar-refractivity contribution in [3.8, 4) is 11.3 Å². The molecule has 526 valence electrons. The summed E-state index contributed by atoms with van der Waals surface area (Å²) in [6.45, 7) is 9.81. The van der Waals surface area contributed by atoms with Crippen LogP contribution in [0.15, 0.2) is 120 Å². The number of nitrogens with zero attached hydrogens (tertiary/aromatic N) is 4. The van der Waals surface area contributed by atoms with Crippen LogP contribution in [0.1, 0.15) is 170 Å². The standard InChI is InChI=1S/C39H47N3O6S2.C38H45N3O7S/c1-25-10-9-11-27(18-25)20-28-12-7-5-4-6-8-13-29-22-39(29,36(45)41-50(46,47)38(3)16-17-38)23-33(43)32-21-30(24-42(32)35(28)44)48-37-40-31-15-14-26(2)19-34(31)49-37;1-25-11-10-12-26(19-25)20-27-13-6-4-3-5-7-14-28-22-38(28,35(44)40-49(45,46)37(2)17-18-37)23-32(42)31-21-29(24-41(31)34(27)43)47-36-39-30-15-8-9-16-33(30)48-36/h8-11,13-15,18-19,28-30,32H,4-7,12,16-17,20-24H2,1-3H3,(H,41,45);7-12,14-16,19,27-29,31H,3-6,13,17-18,20-24H2,1-2H3,(H,40,44)/b13-8-;14-7-/t28-,29-,30-,32+,39-;27-,28-,29-,31+,38-/m11/s1. The number of aromatic nitrogens is 2. The van der Waals surface area contributed by atoms with Gasteiger partial charge in [-0.1, -0.05) is 139 Å². The van der Waals surface area contributed by atoms with Crippen molar-refractivity contribution in [1.82, 2.24) is 29.2 Å². The number of oxazole rings is 1. The van der Waals surface area contributed by atoms with E-state index in [-0.39, 0.29) is 91.9 Å². The molecule has 19 nitrogen and oxygen atoms in total. The molecule has 0 radical (unpaired) electrons. The third-order valence-corrected chi connectivity index (χ3v) is 27.6. The molecule has 4 aromatic carbocycles. The van der Waals surface area contributed by atoms with E-state index in [1.165, 1.54) is 11.3 Å². The molecule has 6 heterocycles. The van der Waals surface area contributed by atoms with Crippen LogP contribution in [0, 0.1) is 55.3 Å². The Hall–Kier alpha value is -7.56. The molecule has 6 fully saturated rings. The minimum atomic E-state index is -3.89. The number of ether oxygens (including phenoxy) is 2. The van der Waals surface area contributed by atoms with E-state index in [4.69, 9.17) is 13.9 Å². The lowest BCUT2D eigenvalue weighted by molar-refractivity contribution is -0.142. The molecule has 8 aliphatic rings. The van der Waals surface area contributed by atoms with Crippen molar-refractivity contribution < 1.29 is 59.5 Å². The molecule has 10 atom stereocenters. The number of ketones is 2. The Kier molecular flexibility index (Phi) is 19.8. The Morgan fingerprint density at radius 2 is 1.08 bits per heavy atom. The fourth-order valence-corrected chi connectivity index (χ4v) is 19.0. The molecule has 2 saturated heterocycles. The maximum atomic E-state index is 14.6. The van der Waals surface area contributed by atoms with E-state index in [0.29, 0.717) is 80.5 Å². The number of benzene rings is 4. The van der Waals surface area contributed by atoms with E-state index in [1.54, 1.807) is 29.7 Å². The Bertz CT molecular complexity index is 4370. The number of aryl methyl sites for hydroxylation is 3. The lowest BCUT2D eigenvalue weighted by Crippen LogP contribution is -2.47. The summed E-state index contributed by atoms with van der Waals surface area (Å²) in [6.07, 6.45) is 19.9. The van der Waals surface area contributed by atoms with Crippen LogP contribution in [0.2, 0.25) is 0 Å². The summed E-state index contributed by atoms with van der Waals surface area (Å²) in [5.41, 5.74) is 5.26. The molecule has 4 saturated carbocycles. The van der Waals surface area contributed by atoms with Gasteiger partial charge >= 0.3 is 6.08 Å². The van der Waals surface area contributed by atoms with Crippen LogP contribution in [0.4, 0.5) is 0 Å². The molecule has 2 aromatic heterocycles. The van der Waals surface area contributed by atoms with Crippen molar-refractivity contribution in [3.05, 3.63) is 143 Å². The molecule has 0 bridgehead atoms. The highest BCUT2D eigenvalue weighted by Gasteiger charge is 2.64. The first-order chi connectivity index (χ1) is 47.3. The van der Waals surface area contributed by atoms with E-state index in [9.17, 15) is 45.6 Å². The fraction of sp³-hybridized carbons (Fsp3) is 0.532. The zero-order valence-electron chi connectivity index (χ0n) is 57.4. The summed E-state index contributed by atoms with van der Waals surface area (Å²) in [5.74, 6) is -3.04. The highest BCUT2D eigenvalue weighted by Crippen LogP contribution is 2.59. The SMILES string of the molecule is Cc1cccc(C[C@H]2CCCCC/C=C\[C@@H]3C[C@@]3(C(=O)NS(=O)(=O)C3(C)CC3)CC(=O)[C@@H]3C[C@@H](Oc4nc5ccc(C)cc5s4)CN3C2=O)c1.Cc1cccc(C[C@H]2CCCCC/C=C\[C@@H]3C[C@@]3(C(=O)NS(=O)(=O)C3(C)CC3)CC(=O)[C@@H]3C[C@@H](Oc4nc5ccccc5o4)CN3C2=O)c1. The quantitative estimate of drug-likeness (QED) is 0.0961. The zero-order valence-corrected chi connectivity index (χ0v) is 59.8. The highest BCUT2D eigenvalue weighted by molar-refractivity contribution is 7.92. The molecule has 0 unspecified atom stereocenters. The van der Waals surface area contributed by atoms with Gasteiger partial charge in [0, 0.05) is 37.5 Å². The van der Waals surface area contributed by atoms with E-state index < -0.39 is 76.5 Å². The predicted octanol–water partition coefficient (Wildman–Crippen LogP) is 12.4. The number of sulfonamides is 2. The van der Waals surface area contributed by atoms with Gasteiger partial charge in [0.25, 0.3) is 5.19 Å². The Labute approximate surface area is 584 Å². The first kappa shape index (κ1) is 69.9. The van der Waals surface area contributed by atoms with E-state index >= 15 is 0 Å². The number of rotatable bonds is 14. The number of carbonyl (C=O) groups is 6. The first-order valence-corrected chi connectivity index (χ1v) is 39.4. The smallest absolute Gasteiger partial charge is 0.394 e. The Morgan fingerprint density at radius 1 is 0.586 bits per heavy atom. The number of Topliss-reactive ketones (excluding diaryl/α,β-unsaturated/α-hetero) is 2. The summed E-state index contributed by atoms with van der Waals surface area (Å²) in [7, 11) is -7.77. The predicted molar refractivity (Wildman–Crippen MR) is 378 cm³/mol. The summed E-state index contributed by atoms with van der Waals surface area (Å²) in [6, 6.07) is 28.1. The second-order valence-electron chi connectivity index (χ2n) is 30.3. The molecule has 4 aliphatic heterocycles. The summed E-state index contributed by atoms with van der Waals surface area (Å²) >= 11 is 1.45. The third kappa shape index (κ3) is 15.4. The second kappa shape index (κ2) is 28.1. The zero-order chi connectivity index (χ0) is 69.7. The maximum absolute atomic E-state index is 14.6. The van der Waals surface area contributed by atoms with Crippen molar-refractivity contribution in [1.29, 1.82) is 0 Å². The molecule has 4 amide bonds. The Morgan fingerprint density at radius 3 is 1.58 bits per heavy atom. The van der Waals surface area contributed by atoms with Gasteiger partial charge < -0.3 is 23.7 Å². The molecule has 2 N–H and O–H groups in total. The van der Waals surface area contributed by atoms with E-state index in [0.717, 1.165) is 89.4 Å². The molecular formula is C77H92N6O13S3. The van der Waals surface area contributed by atoms with Gasteiger partial charge in [-0.25, -0.2) is 21.8 Å². The average molecular weight is 1410 g/mol. The number of para-hydroxylation sites is 2. The van der Waals surface area contributed by atoms with Crippen molar-refractivity contribution >= 4 is 87.9 Å². The molecule has 99 heavy (non-hydrogen) atoms. The van der Waals surface area contributed by atoms with E-state index in [1.807, 2.05) is 93.6 Å². The monoisotopic (exact) mass is 1400 g/mol. The van der Waals surface area contributed by atoms with Crippen molar-refractivity contribution in [2.24, 2.45) is 34.5 Å². The number of amides is 4. The number of fused-ring (bicyclic) bond motifs is 6. The van der Waals surface area contributed by atoms with Crippen LogP contribution in [0.3, 0.4) is 0 Å². The van der Waals surface area contributed by atoms with Gasteiger partial charge in [0.05, 0.1) is 55.7 Å². The van der Waals surface area contributed by atoms with Crippen molar-refractivity contribution in [2.75, 3.05) is 13.1 Å². The molecule has 6 aromatic rings. The molecule has 22 heteroatoms. The average Bonchev–Trinajstić information content (AvgIpc) is 1.57. The number of nitrogens with one attached hydrogen (secondary N) is 2. The van der Waals surface area contributed by atoms with Crippen molar-refractivity contribution in [2.45, 2.75) is 210 Å². The number of thiazole rings is 1. The molecule has 14 rings (SSSR count). The third-order valence-electron chi connectivity index (χ3n) is 22.4. The van der Waals surface area contributed by atoms with Gasteiger partial charge in [0.15, 0.2) is 17.1 Å². The van der Waals surface area contributed by atoms with Gasteiger partial charge in [-0.3, -0.25) is 38.2 Å². The van der Waals surface area contributed by atoms with Crippen LogP contribution < -0.4 is 18.9 Å². The maximum Gasteiger partial charge on any atom is 0.394 e. The second-order valence-corrected chi connectivity index (χ2v) is 35.7. The molecule has 0 spiro atoms. The minimum absolute atomic E-state index is 0.0704. The van der Waals surface area contributed by atoms with Crippen LogP contribution >= 0.6 is 11.3 Å². The number of hydrogen-bond donors (Lipinski definition) is 2. The van der Waals surface area contributed by atoms with Crippen LogP contribution in [0.25, 0.3) is 21.3 Å². The van der Waals surface area contributed by atoms with E-state index in [2.05, 4.69) is 55.8 Å². The van der Waals surface area contributed by atoms with Crippen LogP contribution in [0.5, 0.6) is 11.3 Å². The first-order valence-electron chi connectivity index (χ1n) is 35.6. The molecular weight excluding hydrogens is 1310 g/mol. The van der Waals surface area contributed by atoms with Gasteiger partial charge in [-0.15, -0.1) is 0 Å². The van der Waals surface area contributed by atoms with Crippen LogP contribution in [-0.4, -0.2) is 119 Å². The fourth-order valence-electron chi connectivity index (χ4n) is 15.3.